The Balaban J connectivity index is 1.30. The van der Waals surface area contributed by atoms with E-state index in [-0.39, 0.29) is 24.2 Å². The van der Waals surface area contributed by atoms with Gasteiger partial charge in [-0.2, -0.15) is 0 Å². The van der Waals surface area contributed by atoms with Gasteiger partial charge in [-0.25, -0.2) is 0 Å². The van der Waals surface area contributed by atoms with E-state index in [1.165, 1.54) is 0 Å². The van der Waals surface area contributed by atoms with Crippen molar-refractivity contribution in [2.75, 3.05) is 49.5 Å². The zero-order chi connectivity index (χ0) is 22.7. The third-order valence-corrected chi connectivity index (χ3v) is 6.51. The lowest BCUT2D eigenvalue weighted by Gasteiger charge is -2.36. The van der Waals surface area contributed by atoms with Crippen LogP contribution in [-0.2, 0) is 14.3 Å². The van der Waals surface area contributed by atoms with Gasteiger partial charge in [0.15, 0.2) is 0 Å². The quantitative estimate of drug-likeness (QED) is 0.680. The van der Waals surface area contributed by atoms with E-state index in [4.69, 9.17) is 32.7 Å². The summed E-state index contributed by atoms with van der Waals surface area (Å²) in [4.78, 5) is 17.1. The number of nitrogens with zero attached hydrogens (tertiary/aromatic N) is 2. The molecular weight excluding hydrogens is 449 g/mol. The first-order chi connectivity index (χ1) is 15.4. The van der Waals surface area contributed by atoms with E-state index >= 15 is 0 Å². The normalized spacial score (nSPS) is 24.4. The summed E-state index contributed by atoms with van der Waals surface area (Å²) in [5.74, 6) is -0.0406. The maximum absolute atomic E-state index is 12.6. The Labute approximate surface area is 199 Å². The largest absolute Gasteiger partial charge is 0.372 e. The second kappa shape index (κ2) is 10.4. The Morgan fingerprint density at radius 3 is 2.44 bits per heavy atom. The van der Waals surface area contributed by atoms with E-state index in [9.17, 15) is 4.79 Å². The van der Waals surface area contributed by atoms with Crippen LogP contribution < -0.4 is 10.2 Å². The van der Waals surface area contributed by atoms with Gasteiger partial charge in [0.1, 0.15) is 0 Å². The van der Waals surface area contributed by atoms with Gasteiger partial charge < -0.3 is 19.7 Å². The minimum atomic E-state index is -0.135. The third kappa shape index (κ3) is 5.94. The molecule has 2 saturated heterocycles. The van der Waals surface area contributed by atoms with Crippen molar-refractivity contribution in [2.45, 2.75) is 32.2 Å². The van der Waals surface area contributed by atoms with Crippen LogP contribution in [0.15, 0.2) is 42.5 Å². The lowest BCUT2D eigenvalue weighted by atomic mass is 10.1. The van der Waals surface area contributed by atoms with Gasteiger partial charge >= 0.3 is 0 Å². The first-order valence-corrected chi connectivity index (χ1v) is 11.7. The maximum Gasteiger partial charge on any atom is 0.238 e. The molecule has 2 aromatic carbocycles. The van der Waals surface area contributed by atoms with Crippen molar-refractivity contribution in [2.24, 2.45) is 0 Å². The van der Waals surface area contributed by atoms with E-state index < -0.39 is 0 Å². The fraction of sp³-hybridized carbons (Fsp3) is 0.458. The molecule has 0 saturated carbocycles. The summed E-state index contributed by atoms with van der Waals surface area (Å²) in [7, 11) is 0. The number of amides is 1. The summed E-state index contributed by atoms with van der Waals surface area (Å²) >= 11 is 12.2. The fourth-order valence-corrected chi connectivity index (χ4v) is 4.61. The van der Waals surface area contributed by atoms with Gasteiger partial charge in [-0.1, -0.05) is 29.3 Å². The highest BCUT2D eigenvalue weighted by Crippen LogP contribution is 2.29. The van der Waals surface area contributed by atoms with Crippen LogP contribution in [0.3, 0.4) is 0 Å². The number of carbonyl (C=O) groups is 1. The second-order valence-corrected chi connectivity index (χ2v) is 9.34. The molecule has 2 aliphatic rings. The summed E-state index contributed by atoms with van der Waals surface area (Å²) in [6.45, 7) is 8.12. The van der Waals surface area contributed by atoms with Gasteiger partial charge in [0.25, 0.3) is 0 Å². The Kier molecular flexibility index (Phi) is 7.59. The van der Waals surface area contributed by atoms with Crippen molar-refractivity contribution in [3.8, 4) is 0 Å². The molecule has 0 bridgehead atoms. The molecule has 0 aromatic heterocycles. The molecule has 2 heterocycles. The summed E-state index contributed by atoms with van der Waals surface area (Å²) in [5, 5.41) is 4.03. The van der Waals surface area contributed by atoms with E-state index in [1.807, 2.05) is 24.3 Å². The first kappa shape index (κ1) is 23.3. The molecule has 2 aliphatic heterocycles. The average Bonchev–Trinajstić information content (AvgIpc) is 2.75. The van der Waals surface area contributed by atoms with Gasteiger partial charge in [0.05, 0.1) is 41.5 Å². The van der Waals surface area contributed by atoms with Crippen LogP contribution in [0.5, 0.6) is 0 Å². The molecule has 0 spiro atoms. The van der Waals surface area contributed by atoms with E-state index in [0.717, 1.165) is 30.0 Å². The molecule has 172 valence electrons. The number of halogens is 2. The fourth-order valence-electron chi connectivity index (χ4n) is 4.31. The number of hydrogen-bond acceptors (Lipinski definition) is 5. The smallest absolute Gasteiger partial charge is 0.238 e. The van der Waals surface area contributed by atoms with Gasteiger partial charge in [-0.05, 0) is 55.8 Å². The Morgan fingerprint density at radius 1 is 1.03 bits per heavy atom. The predicted molar refractivity (Wildman–Crippen MR) is 129 cm³/mol. The monoisotopic (exact) mass is 477 g/mol. The molecule has 3 unspecified atom stereocenters. The Bertz CT molecular complexity index is 931. The molecule has 6 nitrogen and oxygen atoms in total. The summed E-state index contributed by atoms with van der Waals surface area (Å²) in [6.07, 6.45) is 0.280. The number of anilines is 2. The van der Waals surface area contributed by atoms with Crippen LogP contribution in [0.25, 0.3) is 0 Å². The summed E-state index contributed by atoms with van der Waals surface area (Å²) in [6, 6.07) is 13.5. The molecule has 3 atom stereocenters. The molecule has 2 fully saturated rings. The number of benzene rings is 2. The highest BCUT2D eigenvalue weighted by molar-refractivity contribution is 6.42. The Hall–Kier alpha value is -1.83. The predicted octanol–water partition coefficient (Wildman–Crippen LogP) is 4.62. The molecule has 2 aromatic rings. The number of hydrogen-bond donors (Lipinski definition) is 1. The number of carbonyl (C=O) groups excluding carboxylic acids is 1. The summed E-state index contributed by atoms with van der Waals surface area (Å²) in [5.41, 5.74) is 2.90. The molecule has 1 amide bonds. The number of rotatable bonds is 5. The standard InChI is InChI=1S/C24H29Cl2N3O3/c1-16-12-29(13-17(2)32-16)20-6-4-19(5-7-20)27-24(30)15-28-9-10-31-23(14-28)18-3-8-21(25)22(26)11-18/h3-8,11,16-17,23H,9-10,12-15H2,1-2H3,(H,27,30). The minimum Gasteiger partial charge on any atom is -0.372 e. The van der Waals surface area contributed by atoms with Crippen LogP contribution in [0.1, 0.15) is 25.5 Å². The van der Waals surface area contributed by atoms with Crippen molar-refractivity contribution in [1.82, 2.24) is 4.90 Å². The van der Waals surface area contributed by atoms with Crippen LogP contribution in [0.4, 0.5) is 11.4 Å². The molecular formula is C24H29Cl2N3O3. The van der Waals surface area contributed by atoms with E-state index in [2.05, 4.69) is 41.1 Å². The Morgan fingerprint density at radius 2 is 1.75 bits per heavy atom. The second-order valence-electron chi connectivity index (χ2n) is 8.53. The first-order valence-electron chi connectivity index (χ1n) is 11.0. The van der Waals surface area contributed by atoms with Crippen molar-refractivity contribution in [3.63, 3.8) is 0 Å². The topological polar surface area (TPSA) is 54.0 Å². The molecule has 1 N–H and O–H groups in total. The number of morpholine rings is 2. The summed E-state index contributed by atoms with van der Waals surface area (Å²) < 4.78 is 11.7. The highest BCUT2D eigenvalue weighted by Gasteiger charge is 2.25. The van der Waals surface area contributed by atoms with Gasteiger partial charge in [0.2, 0.25) is 5.91 Å². The molecule has 32 heavy (non-hydrogen) atoms. The van der Waals surface area contributed by atoms with Crippen LogP contribution >= 0.6 is 23.2 Å². The van der Waals surface area contributed by atoms with Crippen molar-refractivity contribution >= 4 is 40.5 Å². The number of nitrogens with one attached hydrogen (secondary N) is 1. The van der Waals surface area contributed by atoms with Gasteiger partial charge in [-0.15, -0.1) is 0 Å². The highest BCUT2D eigenvalue weighted by atomic mass is 35.5. The molecule has 0 radical (unpaired) electrons. The van der Waals surface area contributed by atoms with Crippen molar-refractivity contribution in [3.05, 3.63) is 58.1 Å². The SMILES string of the molecule is CC1CN(c2ccc(NC(=O)CN3CCOC(c4ccc(Cl)c(Cl)c4)C3)cc2)CC(C)O1. The van der Waals surface area contributed by atoms with Crippen LogP contribution in [0.2, 0.25) is 10.0 Å². The van der Waals surface area contributed by atoms with E-state index in [0.29, 0.717) is 36.3 Å². The average molecular weight is 478 g/mol. The molecule has 4 rings (SSSR count). The molecule has 8 heteroatoms. The van der Waals surface area contributed by atoms with Crippen molar-refractivity contribution < 1.29 is 14.3 Å². The maximum atomic E-state index is 12.6. The number of ether oxygens (including phenoxy) is 2. The zero-order valence-corrected chi connectivity index (χ0v) is 19.9. The lowest BCUT2D eigenvalue weighted by molar-refractivity contribution is -0.119. The zero-order valence-electron chi connectivity index (χ0n) is 18.4. The van der Waals surface area contributed by atoms with Gasteiger partial charge in [0, 0.05) is 37.6 Å². The third-order valence-electron chi connectivity index (χ3n) is 5.77. The lowest BCUT2D eigenvalue weighted by Crippen LogP contribution is -2.45. The van der Waals surface area contributed by atoms with Gasteiger partial charge in [-0.3, -0.25) is 9.69 Å². The molecule has 0 aliphatic carbocycles. The van der Waals surface area contributed by atoms with Crippen LogP contribution in [-0.4, -0.2) is 62.3 Å². The van der Waals surface area contributed by atoms with E-state index in [1.54, 1.807) is 6.07 Å². The minimum absolute atomic E-state index is 0.0406. The van der Waals surface area contributed by atoms with Crippen molar-refractivity contribution in [1.29, 1.82) is 0 Å². The van der Waals surface area contributed by atoms with Crippen LogP contribution in [0, 0.1) is 0 Å².